The number of carboxylic acid groups (broad SMARTS) is 1. The van der Waals surface area contributed by atoms with Crippen LogP contribution in [0.15, 0.2) is 18.3 Å². The van der Waals surface area contributed by atoms with Crippen molar-refractivity contribution >= 4 is 17.7 Å². The summed E-state index contributed by atoms with van der Waals surface area (Å²) in [7, 11) is 0. The molecule has 1 heterocycles. The lowest BCUT2D eigenvalue weighted by Gasteiger charge is -2.35. The van der Waals surface area contributed by atoms with Crippen LogP contribution in [0.1, 0.15) is 32.9 Å². The van der Waals surface area contributed by atoms with Crippen molar-refractivity contribution in [2.24, 2.45) is 0 Å². The van der Waals surface area contributed by atoms with Gasteiger partial charge in [0.15, 0.2) is 0 Å². The van der Waals surface area contributed by atoms with Crippen LogP contribution >= 0.6 is 0 Å². The average Bonchev–Trinajstić information content (AvgIpc) is 2.30. The van der Waals surface area contributed by atoms with Gasteiger partial charge in [-0.15, -0.1) is 0 Å². The highest BCUT2D eigenvalue weighted by atomic mass is 16.4. The maximum atomic E-state index is 12.3. The molecule has 1 aromatic rings. The highest BCUT2D eigenvalue weighted by Crippen LogP contribution is 2.17. The molecule has 0 atom stereocenters. The fourth-order valence-electron chi connectivity index (χ4n) is 1.75. The molecule has 0 saturated carbocycles. The quantitative estimate of drug-likeness (QED) is 0.887. The number of carbonyl (C=O) groups is 2. The van der Waals surface area contributed by atoms with Crippen molar-refractivity contribution in [3.8, 4) is 0 Å². The first-order valence-corrected chi connectivity index (χ1v) is 6.44. The largest absolute Gasteiger partial charge is 0.481 e. The molecule has 0 aliphatic heterocycles. The second kappa shape index (κ2) is 6.36. The van der Waals surface area contributed by atoms with Gasteiger partial charge in [-0.3, -0.25) is 9.78 Å². The van der Waals surface area contributed by atoms with E-state index in [0.717, 1.165) is 0 Å². The monoisotopic (exact) mass is 279 g/mol. The number of rotatable bonds is 4. The van der Waals surface area contributed by atoms with E-state index in [-0.39, 0.29) is 19.0 Å². The molecule has 110 valence electrons. The summed E-state index contributed by atoms with van der Waals surface area (Å²) in [4.78, 5) is 28.6. The molecule has 0 unspecified atom stereocenters. The minimum Gasteiger partial charge on any atom is -0.481 e. The summed E-state index contributed by atoms with van der Waals surface area (Å²) < 4.78 is 0. The molecule has 2 N–H and O–H groups in total. The predicted molar refractivity (Wildman–Crippen MR) is 76.7 cm³/mol. The number of pyridine rings is 1. The van der Waals surface area contributed by atoms with Crippen LogP contribution in [0.3, 0.4) is 0 Å². The van der Waals surface area contributed by atoms with E-state index in [1.54, 1.807) is 25.3 Å². The summed E-state index contributed by atoms with van der Waals surface area (Å²) in [6, 6.07) is 3.18. The molecule has 0 aliphatic rings. The third-order valence-electron chi connectivity index (χ3n) is 2.85. The highest BCUT2D eigenvalue weighted by molar-refractivity contribution is 5.90. The van der Waals surface area contributed by atoms with Gasteiger partial charge in [0, 0.05) is 18.3 Å². The lowest BCUT2D eigenvalue weighted by atomic mass is 10.1. The van der Waals surface area contributed by atoms with Gasteiger partial charge >= 0.3 is 12.0 Å². The number of hydrogen-bond donors (Lipinski definition) is 2. The van der Waals surface area contributed by atoms with E-state index in [9.17, 15) is 9.59 Å². The van der Waals surface area contributed by atoms with E-state index in [1.807, 2.05) is 20.8 Å². The first-order chi connectivity index (χ1) is 9.21. The SMILES string of the molecule is Cc1ncccc1NC(=O)N(CCC(=O)O)C(C)(C)C. The number of amides is 2. The minimum absolute atomic E-state index is 0.0866. The molecular formula is C14H21N3O3. The fraction of sp³-hybridized carbons (Fsp3) is 0.500. The van der Waals surface area contributed by atoms with Crippen LogP contribution in [0.25, 0.3) is 0 Å². The number of aliphatic carboxylic acids is 1. The Morgan fingerprint density at radius 1 is 1.40 bits per heavy atom. The van der Waals surface area contributed by atoms with E-state index < -0.39 is 11.5 Å². The lowest BCUT2D eigenvalue weighted by molar-refractivity contribution is -0.137. The van der Waals surface area contributed by atoms with E-state index in [0.29, 0.717) is 11.4 Å². The van der Waals surface area contributed by atoms with Gasteiger partial charge in [0.1, 0.15) is 0 Å². The smallest absolute Gasteiger partial charge is 0.322 e. The molecule has 0 aliphatic carbocycles. The third kappa shape index (κ3) is 4.53. The number of aromatic nitrogens is 1. The predicted octanol–water partition coefficient (Wildman–Crippen LogP) is 2.50. The molecule has 0 aromatic carbocycles. The number of aryl methyl sites for hydroxylation is 1. The Bertz CT molecular complexity index is 495. The first kappa shape index (κ1) is 15.9. The Morgan fingerprint density at radius 2 is 2.05 bits per heavy atom. The molecule has 1 aromatic heterocycles. The van der Waals surface area contributed by atoms with Crippen LogP contribution in [-0.2, 0) is 4.79 Å². The Hall–Kier alpha value is -2.11. The Kier molecular flexibility index (Phi) is 5.07. The zero-order valence-corrected chi connectivity index (χ0v) is 12.3. The van der Waals surface area contributed by atoms with Gasteiger partial charge in [0.25, 0.3) is 0 Å². The van der Waals surface area contributed by atoms with Crippen molar-refractivity contribution in [3.05, 3.63) is 24.0 Å². The topological polar surface area (TPSA) is 82.5 Å². The van der Waals surface area contributed by atoms with Gasteiger partial charge in [-0.25, -0.2) is 4.79 Å². The van der Waals surface area contributed by atoms with Crippen LogP contribution in [0, 0.1) is 6.92 Å². The van der Waals surface area contributed by atoms with Gasteiger partial charge in [-0.2, -0.15) is 0 Å². The van der Waals surface area contributed by atoms with Gasteiger partial charge in [0.05, 0.1) is 17.8 Å². The molecule has 0 spiro atoms. The number of carbonyl (C=O) groups excluding carboxylic acids is 1. The van der Waals surface area contributed by atoms with Crippen molar-refractivity contribution in [2.75, 3.05) is 11.9 Å². The van der Waals surface area contributed by atoms with E-state index >= 15 is 0 Å². The molecule has 20 heavy (non-hydrogen) atoms. The number of urea groups is 1. The van der Waals surface area contributed by atoms with E-state index in [2.05, 4.69) is 10.3 Å². The fourth-order valence-corrected chi connectivity index (χ4v) is 1.75. The van der Waals surface area contributed by atoms with E-state index in [1.165, 1.54) is 4.90 Å². The van der Waals surface area contributed by atoms with Gasteiger partial charge in [0.2, 0.25) is 0 Å². The Labute approximate surface area is 118 Å². The molecule has 0 saturated heterocycles. The molecule has 2 amide bonds. The molecule has 0 radical (unpaired) electrons. The number of hydrogen-bond acceptors (Lipinski definition) is 3. The zero-order chi connectivity index (χ0) is 15.3. The van der Waals surface area contributed by atoms with E-state index in [4.69, 9.17) is 5.11 Å². The summed E-state index contributed by atoms with van der Waals surface area (Å²) >= 11 is 0. The second-order valence-corrected chi connectivity index (χ2v) is 5.53. The molecule has 6 heteroatoms. The van der Waals surface area contributed by atoms with Crippen molar-refractivity contribution in [2.45, 2.75) is 39.7 Å². The normalized spacial score (nSPS) is 11.0. The molecule has 0 bridgehead atoms. The highest BCUT2D eigenvalue weighted by Gasteiger charge is 2.27. The van der Waals surface area contributed by atoms with Crippen LogP contribution in [0.2, 0.25) is 0 Å². The molecule has 6 nitrogen and oxygen atoms in total. The number of carboxylic acids is 1. The zero-order valence-electron chi connectivity index (χ0n) is 12.3. The Morgan fingerprint density at radius 3 is 2.55 bits per heavy atom. The molecule has 1 rings (SSSR count). The maximum absolute atomic E-state index is 12.3. The van der Waals surface area contributed by atoms with Gasteiger partial charge in [-0.05, 0) is 39.8 Å². The second-order valence-electron chi connectivity index (χ2n) is 5.53. The van der Waals surface area contributed by atoms with Crippen LogP contribution in [0.5, 0.6) is 0 Å². The van der Waals surface area contributed by atoms with Gasteiger partial charge in [-0.1, -0.05) is 0 Å². The summed E-state index contributed by atoms with van der Waals surface area (Å²) in [6.07, 6.45) is 1.56. The summed E-state index contributed by atoms with van der Waals surface area (Å²) in [5, 5.41) is 11.5. The van der Waals surface area contributed by atoms with Crippen molar-refractivity contribution in [1.82, 2.24) is 9.88 Å². The number of nitrogens with zero attached hydrogens (tertiary/aromatic N) is 2. The van der Waals surface area contributed by atoms with Crippen molar-refractivity contribution in [3.63, 3.8) is 0 Å². The standard InChI is InChI=1S/C14H21N3O3/c1-10-11(6-5-8-15-10)16-13(20)17(14(2,3)4)9-7-12(18)19/h5-6,8H,7,9H2,1-4H3,(H,16,20)(H,18,19). The number of anilines is 1. The third-order valence-corrected chi connectivity index (χ3v) is 2.85. The average molecular weight is 279 g/mol. The number of nitrogens with one attached hydrogen (secondary N) is 1. The minimum atomic E-state index is -0.926. The van der Waals surface area contributed by atoms with Crippen molar-refractivity contribution in [1.29, 1.82) is 0 Å². The summed E-state index contributed by atoms with van der Waals surface area (Å²) in [6.45, 7) is 7.55. The maximum Gasteiger partial charge on any atom is 0.322 e. The molecular weight excluding hydrogens is 258 g/mol. The lowest BCUT2D eigenvalue weighted by Crippen LogP contribution is -2.48. The summed E-state index contributed by atoms with van der Waals surface area (Å²) in [5.74, 6) is -0.926. The van der Waals surface area contributed by atoms with Crippen LogP contribution in [-0.4, -0.2) is 39.1 Å². The van der Waals surface area contributed by atoms with Crippen LogP contribution in [0.4, 0.5) is 10.5 Å². The summed E-state index contributed by atoms with van der Waals surface area (Å²) in [5.41, 5.74) is 0.880. The molecule has 0 fully saturated rings. The Balaban J connectivity index is 2.83. The van der Waals surface area contributed by atoms with Gasteiger partial charge < -0.3 is 15.3 Å². The first-order valence-electron chi connectivity index (χ1n) is 6.44. The van der Waals surface area contributed by atoms with Crippen molar-refractivity contribution < 1.29 is 14.7 Å². The van der Waals surface area contributed by atoms with Crippen LogP contribution < -0.4 is 5.32 Å².